The zero-order valence-electron chi connectivity index (χ0n) is 18.4. The van der Waals surface area contributed by atoms with E-state index in [4.69, 9.17) is 0 Å². The van der Waals surface area contributed by atoms with Gasteiger partial charge < -0.3 is 10.2 Å². The normalized spacial score (nSPS) is 13.1. The number of aromatic nitrogens is 3. The molecule has 168 valence electrons. The van der Waals surface area contributed by atoms with Crippen molar-refractivity contribution in [3.05, 3.63) is 82.3 Å². The van der Waals surface area contributed by atoms with Gasteiger partial charge in [0.15, 0.2) is 5.16 Å². The lowest BCUT2D eigenvalue weighted by atomic mass is 10.1. The van der Waals surface area contributed by atoms with Gasteiger partial charge in [-0.2, -0.15) is 0 Å². The minimum Gasteiger partial charge on any atom is -0.367 e. The summed E-state index contributed by atoms with van der Waals surface area (Å²) in [6.45, 7) is 4.10. The molecule has 8 heteroatoms. The molecule has 0 radical (unpaired) electrons. The maximum Gasteiger partial charge on any atom is 0.234 e. The Morgan fingerprint density at radius 1 is 1.15 bits per heavy atom. The first kappa shape index (κ1) is 21.7. The summed E-state index contributed by atoms with van der Waals surface area (Å²) >= 11 is 3.24. The molecular weight excluding hydrogens is 450 g/mol. The van der Waals surface area contributed by atoms with E-state index in [9.17, 15) is 4.79 Å². The van der Waals surface area contributed by atoms with Crippen molar-refractivity contribution in [1.29, 1.82) is 0 Å². The van der Waals surface area contributed by atoms with Crippen molar-refractivity contribution in [2.75, 3.05) is 22.5 Å². The summed E-state index contributed by atoms with van der Waals surface area (Å²) in [6.07, 6.45) is 3.71. The van der Waals surface area contributed by atoms with Crippen LogP contribution in [0, 0.1) is 0 Å². The van der Waals surface area contributed by atoms with Gasteiger partial charge in [0, 0.05) is 29.3 Å². The van der Waals surface area contributed by atoms with E-state index in [2.05, 4.69) is 63.0 Å². The number of para-hydroxylation sites is 1. The highest BCUT2D eigenvalue weighted by atomic mass is 32.2. The summed E-state index contributed by atoms with van der Waals surface area (Å²) in [7, 11) is 0. The van der Waals surface area contributed by atoms with E-state index in [1.807, 2.05) is 40.2 Å². The molecular formula is C25H25N5OS2. The number of nitrogens with zero attached hydrogens (tertiary/aromatic N) is 4. The first-order chi connectivity index (χ1) is 16.2. The van der Waals surface area contributed by atoms with E-state index in [1.54, 1.807) is 6.33 Å². The third-order valence-corrected chi connectivity index (χ3v) is 7.77. The largest absolute Gasteiger partial charge is 0.367 e. The summed E-state index contributed by atoms with van der Waals surface area (Å²) in [6, 6.07) is 18.5. The predicted octanol–water partition coefficient (Wildman–Crippen LogP) is 5.18. The molecule has 6 nitrogen and oxygen atoms in total. The Morgan fingerprint density at radius 2 is 2.00 bits per heavy atom. The second kappa shape index (κ2) is 9.80. The Bertz CT molecular complexity index is 1250. The molecule has 33 heavy (non-hydrogen) atoms. The number of hydrogen-bond acceptors (Lipinski definition) is 6. The van der Waals surface area contributed by atoms with Crippen molar-refractivity contribution >= 4 is 40.4 Å². The van der Waals surface area contributed by atoms with Crippen molar-refractivity contribution in [1.82, 2.24) is 14.8 Å². The van der Waals surface area contributed by atoms with Gasteiger partial charge >= 0.3 is 0 Å². The summed E-state index contributed by atoms with van der Waals surface area (Å²) in [5, 5.41) is 14.1. The average Bonchev–Trinajstić information content (AvgIpc) is 3.52. The summed E-state index contributed by atoms with van der Waals surface area (Å²) in [4.78, 5) is 16.5. The number of thioether (sulfide) groups is 1. The van der Waals surface area contributed by atoms with Crippen molar-refractivity contribution in [3.63, 3.8) is 0 Å². The number of nitrogens with one attached hydrogen (secondary N) is 1. The first-order valence-electron chi connectivity index (χ1n) is 11.0. The molecule has 0 unspecified atom stereocenters. The van der Waals surface area contributed by atoms with Crippen LogP contribution in [-0.4, -0.2) is 33.0 Å². The first-order valence-corrected chi connectivity index (χ1v) is 12.9. The van der Waals surface area contributed by atoms with Gasteiger partial charge in [-0.3, -0.25) is 9.36 Å². The lowest BCUT2D eigenvalue weighted by Gasteiger charge is -2.29. The molecule has 0 saturated heterocycles. The lowest BCUT2D eigenvalue weighted by molar-refractivity contribution is -0.113. The minimum atomic E-state index is -0.0630. The molecule has 2 aromatic heterocycles. The van der Waals surface area contributed by atoms with Gasteiger partial charge in [-0.25, -0.2) is 0 Å². The van der Waals surface area contributed by atoms with Gasteiger partial charge in [0.1, 0.15) is 6.33 Å². The van der Waals surface area contributed by atoms with Crippen LogP contribution in [0.4, 0.5) is 11.4 Å². The monoisotopic (exact) mass is 475 g/mol. The molecule has 0 spiro atoms. The highest BCUT2D eigenvalue weighted by Gasteiger charge is 2.17. The third kappa shape index (κ3) is 4.82. The van der Waals surface area contributed by atoms with Crippen molar-refractivity contribution in [2.24, 2.45) is 0 Å². The van der Waals surface area contributed by atoms with Gasteiger partial charge in [-0.15, -0.1) is 21.5 Å². The molecule has 4 aromatic rings. The molecule has 0 fully saturated rings. The van der Waals surface area contributed by atoms with Gasteiger partial charge in [0.2, 0.25) is 5.91 Å². The number of aryl methyl sites for hydroxylation is 1. The molecule has 2 aromatic carbocycles. The van der Waals surface area contributed by atoms with E-state index in [0.29, 0.717) is 5.16 Å². The zero-order chi connectivity index (χ0) is 22.6. The van der Waals surface area contributed by atoms with Gasteiger partial charge in [-0.1, -0.05) is 36.9 Å². The fourth-order valence-electron chi connectivity index (χ4n) is 4.08. The second-order valence-corrected chi connectivity index (χ2v) is 9.83. The molecule has 1 aliphatic rings. The highest BCUT2D eigenvalue weighted by molar-refractivity contribution is 7.99. The summed E-state index contributed by atoms with van der Waals surface area (Å²) in [5.74, 6) is 0.203. The van der Waals surface area contributed by atoms with Crippen LogP contribution in [-0.2, 0) is 24.2 Å². The van der Waals surface area contributed by atoms with E-state index >= 15 is 0 Å². The van der Waals surface area contributed by atoms with E-state index in [-0.39, 0.29) is 11.7 Å². The van der Waals surface area contributed by atoms with E-state index < -0.39 is 0 Å². The molecule has 3 heterocycles. The molecule has 1 N–H and O–H groups in total. The molecule has 1 amide bonds. The second-order valence-electron chi connectivity index (χ2n) is 7.89. The van der Waals surface area contributed by atoms with Gasteiger partial charge in [-0.05, 0) is 65.7 Å². The molecule has 0 atom stereocenters. The van der Waals surface area contributed by atoms with Gasteiger partial charge in [0.25, 0.3) is 0 Å². The number of hydrogen-bond donors (Lipinski definition) is 1. The Morgan fingerprint density at radius 3 is 2.85 bits per heavy atom. The maximum atomic E-state index is 12.6. The van der Waals surface area contributed by atoms with Crippen LogP contribution in [0.1, 0.15) is 22.9 Å². The van der Waals surface area contributed by atoms with Crippen LogP contribution in [0.2, 0.25) is 0 Å². The molecule has 0 bridgehead atoms. The van der Waals surface area contributed by atoms with Crippen molar-refractivity contribution in [3.8, 4) is 5.69 Å². The Kier molecular flexibility index (Phi) is 6.46. The topological polar surface area (TPSA) is 63.1 Å². The summed E-state index contributed by atoms with van der Waals surface area (Å²) in [5.41, 5.74) is 5.68. The molecule has 1 aliphatic heterocycles. The zero-order valence-corrected chi connectivity index (χ0v) is 20.0. The van der Waals surface area contributed by atoms with E-state index in [0.717, 1.165) is 37.3 Å². The fourth-order valence-corrected chi connectivity index (χ4v) is 5.70. The number of carbonyl (C=O) groups is 1. The van der Waals surface area contributed by atoms with Crippen LogP contribution in [0.3, 0.4) is 0 Å². The number of rotatable bonds is 7. The molecule has 0 saturated carbocycles. The number of fused-ring (bicyclic) bond motifs is 1. The number of amides is 1. The third-order valence-electron chi connectivity index (χ3n) is 5.80. The summed E-state index contributed by atoms with van der Waals surface area (Å²) < 4.78 is 1.95. The standard InChI is InChI=1S/C25H25N5OS2/c1-2-18-5-3-4-6-22(18)30-17-26-28-25(30)33-16-24(31)27-20-7-9-21(10-8-20)29-13-11-23-19(15-29)12-14-32-23/h3-10,12,14,17H,2,11,13,15-16H2,1H3,(H,27,31). The maximum absolute atomic E-state index is 12.6. The SMILES string of the molecule is CCc1ccccc1-n1cnnc1SCC(=O)Nc1ccc(N2CCc3sccc3C2)cc1. The van der Waals surface area contributed by atoms with Gasteiger partial charge in [0.05, 0.1) is 11.4 Å². The van der Waals surface area contributed by atoms with E-state index in [1.165, 1.54) is 33.5 Å². The lowest BCUT2D eigenvalue weighted by Crippen LogP contribution is -2.29. The van der Waals surface area contributed by atoms with Crippen molar-refractivity contribution in [2.45, 2.75) is 31.5 Å². The Hall–Kier alpha value is -3.10. The van der Waals surface area contributed by atoms with Crippen LogP contribution in [0.15, 0.2) is 71.5 Å². The van der Waals surface area contributed by atoms with Crippen LogP contribution >= 0.6 is 23.1 Å². The smallest absolute Gasteiger partial charge is 0.234 e. The predicted molar refractivity (Wildman–Crippen MR) is 136 cm³/mol. The number of anilines is 2. The van der Waals surface area contributed by atoms with Crippen molar-refractivity contribution < 1.29 is 4.79 Å². The van der Waals surface area contributed by atoms with Crippen LogP contribution < -0.4 is 10.2 Å². The Labute approximate surface area is 201 Å². The number of carbonyl (C=O) groups excluding carboxylic acids is 1. The average molecular weight is 476 g/mol. The Balaban J connectivity index is 1.18. The van der Waals surface area contributed by atoms with Crippen LogP contribution in [0.5, 0.6) is 0 Å². The molecule has 0 aliphatic carbocycles. The highest BCUT2D eigenvalue weighted by Crippen LogP contribution is 2.28. The fraction of sp³-hybridized carbons (Fsp3) is 0.240. The quantitative estimate of drug-likeness (QED) is 0.373. The van der Waals surface area contributed by atoms with Crippen LogP contribution in [0.25, 0.3) is 5.69 Å². The molecule has 5 rings (SSSR count). The minimum absolute atomic E-state index is 0.0630. The number of thiophene rings is 1. The number of benzene rings is 2.